The number of carbonyl (C=O) groups excluding carboxylic acids is 1. The normalized spacial score (nSPS) is 17.1. The lowest BCUT2D eigenvalue weighted by atomic mass is 10.0. The number of aromatic amines is 1. The second-order valence-electron chi connectivity index (χ2n) is 5.49. The molecule has 0 spiro atoms. The molecule has 1 aliphatic rings. The predicted molar refractivity (Wildman–Crippen MR) is 86.7 cm³/mol. The molecule has 1 amide bonds. The van der Waals surface area contributed by atoms with Crippen LogP contribution in [0.3, 0.4) is 0 Å². The number of H-pyrrole nitrogens is 1. The lowest BCUT2D eigenvalue weighted by molar-refractivity contribution is 0.0461. The molecular weight excluding hydrogens is 313 g/mol. The Hall–Kier alpha value is -2.47. The molecule has 4 nitrogen and oxygen atoms in total. The van der Waals surface area contributed by atoms with Gasteiger partial charge >= 0.3 is 0 Å². The molecule has 1 saturated heterocycles. The summed E-state index contributed by atoms with van der Waals surface area (Å²) < 4.78 is 13.0. The van der Waals surface area contributed by atoms with Crippen molar-refractivity contribution < 1.29 is 9.18 Å². The first-order valence-electron chi connectivity index (χ1n) is 7.38. The minimum atomic E-state index is -0.292. The molecule has 1 atom stereocenters. The Morgan fingerprint density at radius 2 is 2.13 bits per heavy atom. The van der Waals surface area contributed by atoms with Gasteiger partial charge in [0.25, 0.3) is 5.91 Å². The number of hydrogen-bond acceptors (Lipinski definition) is 3. The van der Waals surface area contributed by atoms with Crippen molar-refractivity contribution in [1.29, 1.82) is 0 Å². The highest BCUT2D eigenvalue weighted by Crippen LogP contribution is 2.36. The van der Waals surface area contributed by atoms with E-state index in [0.717, 1.165) is 18.5 Å². The molecule has 1 fully saturated rings. The molecule has 1 N–H and O–H groups in total. The summed E-state index contributed by atoms with van der Waals surface area (Å²) in [4.78, 5) is 15.7. The standard InChI is InChI=1S/C17H14FN3OS/c18-12-5-3-11(4-6-12)13-10-14(20-19-13)17(22)21-8-7-15(21)16-2-1-9-23-16/h1-6,9-10,15H,7-8H2,(H,19,20)/t15-/m1/s1. The number of benzene rings is 1. The number of nitrogens with one attached hydrogen (secondary N) is 1. The van der Waals surface area contributed by atoms with E-state index in [-0.39, 0.29) is 17.8 Å². The Kier molecular flexibility index (Phi) is 3.46. The zero-order valence-electron chi connectivity index (χ0n) is 12.2. The SMILES string of the molecule is O=C(c1cc(-c2ccc(F)cc2)n[nH]1)N1CC[C@@H]1c1cccs1. The van der Waals surface area contributed by atoms with E-state index in [1.165, 1.54) is 17.0 Å². The summed E-state index contributed by atoms with van der Waals surface area (Å²) in [7, 11) is 0. The van der Waals surface area contributed by atoms with Gasteiger partial charge in [-0.25, -0.2) is 4.39 Å². The van der Waals surface area contributed by atoms with E-state index in [2.05, 4.69) is 16.3 Å². The van der Waals surface area contributed by atoms with E-state index in [1.54, 1.807) is 29.5 Å². The van der Waals surface area contributed by atoms with Crippen LogP contribution in [0.4, 0.5) is 4.39 Å². The van der Waals surface area contributed by atoms with Crippen molar-refractivity contribution in [3.8, 4) is 11.3 Å². The second kappa shape index (κ2) is 5.62. The average molecular weight is 327 g/mol. The van der Waals surface area contributed by atoms with Crippen molar-refractivity contribution in [2.75, 3.05) is 6.54 Å². The maximum atomic E-state index is 13.0. The Bertz CT molecular complexity index is 826. The van der Waals surface area contributed by atoms with E-state index in [9.17, 15) is 9.18 Å². The predicted octanol–water partition coefficient (Wildman–Crippen LogP) is 3.86. The number of hydrogen-bond donors (Lipinski definition) is 1. The van der Waals surface area contributed by atoms with Crippen molar-refractivity contribution in [1.82, 2.24) is 15.1 Å². The molecular formula is C17H14FN3OS. The molecule has 3 heterocycles. The zero-order valence-corrected chi connectivity index (χ0v) is 13.0. The summed E-state index contributed by atoms with van der Waals surface area (Å²) >= 11 is 1.67. The third-order valence-corrected chi connectivity index (χ3v) is 5.07. The Morgan fingerprint density at radius 3 is 2.78 bits per heavy atom. The number of aromatic nitrogens is 2. The first kappa shape index (κ1) is 14.1. The highest BCUT2D eigenvalue weighted by atomic mass is 32.1. The number of amides is 1. The minimum Gasteiger partial charge on any atom is -0.329 e. The van der Waals surface area contributed by atoms with Gasteiger partial charge in [0.05, 0.1) is 11.7 Å². The maximum Gasteiger partial charge on any atom is 0.272 e. The maximum absolute atomic E-state index is 13.0. The van der Waals surface area contributed by atoms with Gasteiger partial charge in [-0.3, -0.25) is 9.89 Å². The van der Waals surface area contributed by atoms with E-state index in [4.69, 9.17) is 0 Å². The largest absolute Gasteiger partial charge is 0.329 e. The number of likely N-dealkylation sites (tertiary alicyclic amines) is 1. The van der Waals surface area contributed by atoms with Crippen molar-refractivity contribution in [3.63, 3.8) is 0 Å². The molecule has 0 radical (unpaired) electrons. The highest BCUT2D eigenvalue weighted by molar-refractivity contribution is 7.10. The highest BCUT2D eigenvalue weighted by Gasteiger charge is 2.35. The lowest BCUT2D eigenvalue weighted by Crippen LogP contribution is -2.44. The van der Waals surface area contributed by atoms with Gasteiger partial charge in [-0.1, -0.05) is 6.07 Å². The quantitative estimate of drug-likeness (QED) is 0.794. The Morgan fingerprint density at radius 1 is 1.30 bits per heavy atom. The third-order valence-electron chi connectivity index (χ3n) is 4.10. The topological polar surface area (TPSA) is 49.0 Å². The van der Waals surface area contributed by atoms with Crippen LogP contribution in [0.2, 0.25) is 0 Å². The van der Waals surface area contributed by atoms with Gasteiger partial charge < -0.3 is 4.90 Å². The smallest absolute Gasteiger partial charge is 0.272 e. The molecule has 1 aliphatic heterocycles. The fourth-order valence-corrected chi connectivity index (χ4v) is 3.64. The summed E-state index contributed by atoms with van der Waals surface area (Å²) in [6.45, 7) is 0.756. The fraction of sp³-hybridized carbons (Fsp3) is 0.176. The van der Waals surface area contributed by atoms with Crippen LogP contribution in [0.25, 0.3) is 11.3 Å². The second-order valence-corrected chi connectivity index (χ2v) is 6.47. The third kappa shape index (κ3) is 2.55. The molecule has 116 valence electrons. The van der Waals surface area contributed by atoms with Gasteiger partial charge in [0.1, 0.15) is 11.5 Å². The molecule has 1 aromatic carbocycles. The van der Waals surface area contributed by atoms with Gasteiger partial charge in [0.2, 0.25) is 0 Å². The summed E-state index contributed by atoms with van der Waals surface area (Å²) in [5, 5.41) is 9.00. The van der Waals surface area contributed by atoms with Crippen LogP contribution in [0, 0.1) is 5.82 Å². The van der Waals surface area contributed by atoms with Gasteiger partial charge in [-0.15, -0.1) is 11.3 Å². The minimum absolute atomic E-state index is 0.0458. The van der Waals surface area contributed by atoms with Crippen LogP contribution in [0.15, 0.2) is 47.8 Å². The van der Waals surface area contributed by atoms with Crippen LogP contribution in [-0.4, -0.2) is 27.5 Å². The van der Waals surface area contributed by atoms with E-state index >= 15 is 0 Å². The molecule has 2 aromatic heterocycles. The fourth-order valence-electron chi connectivity index (χ4n) is 2.76. The lowest BCUT2D eigenvalue weighted by Gasteiger charge is -2.40. The van der Waals surface area contributed by atoms with Crippen molar-refractivity contribution in [2.24, 2.45) is 0 Å². The van der Waals surface area contributed by atoms with E-state index in [1.807, 2.05) is 16.3 Å². The first-order valence-corrected chi connectivity index (χ1v) is 8.26. The molecule has 0 unspecified atom stereocenters. The van der Waals surface area contributed by atoms with Gasteiger partial charge in [0, 0.05) is 17.0 Å². The molecule has 0 saturated carbocycles. The number of carbonyl (C=O) groups is 1. The molecule has 3 aromatic rings. The summed E-state index contributed by atoms with van der Waals surface area (Å²) in [6, 6.07) is 12.0. The van der Waals surface area contributed by atoms with E-state index in [0.29, 0.717) is 11.4 Å². The van der Waals surface area contributed by atoms with Crippen LogP contribution in [0.1, 0.15) is 27.8 Å². The monoisotopic (exact) mass is 327 g/mol. The van der Waals surface area contributed by atoms with Gasteiger partial charge in [-0.05, 0) is 48.2 Å². The van der Waals surface area contributed by atoms with Crippen LogP contribution < -0.4 is 0 Å². The Balaban J connectivity index is 1.55. The number of nitrogens with zero attached hydrogens (tertiary/aromatic N) is 2. The average Bonchev–Trinajstić information content (AvgIpc) is 3.18. The molecule has 6 heteroatoms. The molecule has 0 aliphatic carbocycles. The van der Waals surface area contributed by atoms with Crippen LogP contribution in [-0.2, 0) is 0 Å². The number of rotatable bonds is 3. The van der Waals surface area contributed by atoms with Crippen molar-refractivity contribution >= 4 is 17.2 Å². The van der Waals surface area contributed by atoms with Crippen LogP contribution >= 0.6 is 11.3 Å². The summed E-state index contributed by atoms with van der Waals surface area (Å²) in [5.74, 6) is -0.338. The summed E-state index contributed by atoms with van der Waals surface area (Å²) in [5.41, 5.74) is 1.88. The molecule has 23 heavy (non-hydrogen) atoms. The number of thiophene rings is 1. The zero-order chi connectivity index (χ0) is 15.8. The van der Waals surface area contributed by atoms with Crippen LogP contribution in [0.5, 0.6) is 0 Å². The van der Waals surface area contributed by atoms with Gasteiger partial charge in [0.15, 0.2) is 0 Å². The molecule has 4 rings (SSSR count). The van der Waals surface area contributed by atoms with Crippen molar-refractivity contribution in [2.45, 2.75) is 12.5 Å². The first-order chi connectivity index (χ1) is 11.2. The Labute approximate surface area is 136 Å². The summed E-state index contributed by atoms with van der Waals surface area (Å²) in [6.07, 6.45) is 0.991. The molecule has 0 bridgehead atoms. The van der Waals surface area contributed by atoms with Gasteiger partial charge in [-0.2, -0.15) is 5.10 Å². The van der Waals surface area contributed by atoms with Crippen molar-refractivity contribution in [3.05, 3.63) is 64.2 Å². The number of halogens is 1. The van der Waals surface area contributed by atoms with E-state index < -0.39 is 0 Å².